The lowest BCUT2D eigenvalue weighted by Gasteiger charge is -2.13. The molecule has 0 aromatic heterocycles. The Morgan fingerprint density at radius 3 is 2.21 bits per heavy atom. The minimum atomic E-state index is 0.410. The lowest BCUT2D eigenvalue weighted by molar-refractivity contribution is 0.351. The van der Waals surface area contributed by atoms with E-state index in [1.165, 1.54) is 0 Å². The number of nitrogens with two attached hydrogens (primary N) is 2. The van der Waals surface area contributed by atoms with E-state index < -0.39 is 0 Å². The van der Waals surface area contributed by atoms with E-state index in [0.717, 1.165) is 11.1 Å². The fourth-order valence-electron chi connectivity index (χ4n) is 1.38. The topological polar surface area (TPSA) is 70.5 Å². The summed E-state index contributed by atoms with van der Waals surface area (Å²) in [6.45, 7) is 0.876. The van der Waals surface area contributed by atoms with Gasteiger partial charge in [0.1, 0.15) is 0 Å². The standard InChI is InChI=1S/C10H16N2O2/c1-13-9-4-7(5-11)3-8(6-12)10(9)14-2/h3-4H,5-6,11-12H2,1-2H3. The van der Waals surface area contributed by atoms with E-state index in [0.29, 0.717) is 24.6 Å². The molecule has 4 N–H and O–H groups in total. The van der Waals surface area contributed by atoms with Crippen molar-refractivity contribution in [1.82, 2.24) is 0 Å². The maximum atomic E-state index is 5.60. The molecule has 78 valence electrons. The summed E-state index contributed by atoms with van der Waals surface area (Å²) in [4.78, 5) is 0. The molecule has 0 radical (unpaired) electrons. The van der Waals surface area contributed by atoms with Gasteiger partial charge < -0.3 is 20.9 Å². The highest BCUT2D eigenvalue weighted by Crippen LogP contribution is 2.32. The quantitative estimate of drug-likeness (QED) is 0.740. The van der Waals surface area contributed by atoms with Gasteiger partial charge in [-0.2, -0.15) is 0 Å². The van der Waals surface area contributed by atoms with Crippen LogP contribution >= 0.6 is 0 Å². The predicted molar refractivity (Wildman–Crippen MR) is 55.3 cm³/mol. The Morgan fingerprint density at radius 1 is 1.07 bits per heavy atom. The van der Waals surface area contributed by atoms with Gasteiger partial charge in [0.25, 0.3) is 0 Å². The third-order valence-electron chi connectivity index (χ3n) is 2.07. The minimum Gasteiger partial charge on any atom is -0.493 e. The number of hydrogen-bond acceptors (Lipinski definition) is 4. The van der Waals surface area contributed by atoms with Crippen LogP contribution in [0.5, 0.6) is 11.5 Å². The molecule has 0 amide bonds. The number of benzene rings is 1. The summed E-state index contributed by atoms with van der Waals surface area (Å²) in [6.07, 6.45) is 0. The molecular weight excluding hydrogens is 180 g/mol. The maximum Gasteiger partial charge on any atom is 0.165 e. The second-order valence-electron chi connectivity index (χ2n) is 2.90. The molecule has 0 atom stereocenters. The zero-order valence-corrected chi connectivity index (χ0v) is 8.54. The molecule has 0 saturated heterocycles. The molecule has 4 heteroatoms. The van der Waals surface area contributed by atoms with Crippen LogP contribution in [0, 0.1) is 0 Å². The van der Waals surface area contributed by atoms with Gasteiger partial charge in [0.2, 0.25) is 0 Å². The molecule has 0 aliphatic carbocycles. The summed E-state index contributed by atoms with van der Waals surface area (Å²) in [5.74, 6) is 1.36. The summed E-state index contributed by atoms with van der Waals surface area (Å²) in [5, 5.41) is 0. The van der Waals surface area contributed by atoms with Crippen molar-refractivity contribution < 1.29 is 9.47 Å². The Hall–Kier alpha value is -1.26. The van der Waals surface area contributed by atoms with E-state index in [2.05, 4.69) is 0 Å². The number of hydrogen-bond donors (Lipinski definition) is 2. The highest BCUT2D eigenvalue weighted by atomic mass is 16.5. The van der Waals surface area contributed by atoms with Crippen LogP contribution < -0.4 is 20.9 Å². The van der Waals surface area contributed by atoms with E-state index in [4.69, 9.17) is 20.9 Å². The van der Waals surface area contributed by atoms with E-state index in [9.17, 15) is 0 Å². The van der Waals surface area contributed by atoms with E-state index >= 15 is 0 Å². The second-order valence-corrected chi connectivity index (χ2v) is 2.90. The molecule has 0 aliphatic rings. The Balaban J connectivity index is 3.24. The van der Waals surface area contributed by atoms with Crippen molar-refractivity contribution in [3.63, 3.8) is 0 Å². The largest absolute Gasteiger partial charge is 0.493 e. The van der Waals surface area contributed by atoms with Crippen LogP contribution in [-0.4, -0.2) is 14.2 Å². The maximum absolute atomic E-state index is 5.60. The van der Waals surface area contributed by atoms with Gasteiger partial charge in [-0.25, -0.2) is 0 Å². The molecule has 0 saturated carbocycles. The smallest absolute Gasteiger partial charge is 0.165 e. The Labute approximate surface area is 83.8 Å². The normalized spacial score (nSPS) is 10.0. The van der Waals surface area contributed by atoms with Gasteiger partial charge in [-0.15, -0.1) is 0 Å². The third-order valence-corrected chi connectivity index (χ3v) is 2.07. The Morgan fingerprint density at radius 2 is 1.79 bits per heavy atom. The van der Waals surface area contributed by atoms with Crippen molar-refractivity contribution >= 4 is 0 Å². The van der Waals surface area contributed by atoms with Crippen molar-refractivity contribution in [1.29, 1.82) is 0 Å². The molecule has 4 nitrogen and oxygen atoms in total. The van der Waals surface area contributed by atoms with Crippen molar-refractivity contribution in [2.24, 2.45) is 11.5 Å². The first kappa shape index (κ1) is 10.8. The molecule has 0 aliphatic heterocycles. The van der Waals surface area contributed by atoms with Crippen LogP contribution in [0.3, 0.4) is 0 Å². The number of rotatable bonds is 4. The Bertz CT molecular complexity index is 288. The van der Waals surface area contributed by atoms with E-state index in [-0.39, 0.29) is 0 Å². The van der Waals surface area contributed by atoms with Crippen LogP contribution in [0.1, 0.15) is 11.1 Å². The number of methoxy groups -OCH3 is 2. The predicted octanol–water partition coefficient (Wildman–Crippen LogP) is 0.621. The molecule has 0 heterocycles. The van der Waals surface area contributed by atoms with Crippen LogP contribution in [0.4, 0.5) is 0 Å². The summed E-state index contributed by atoms with van der Waals surface area (Å²) >= 11 is 0. The van der Waals surface area contributed by atoms with Gasteiger partial charge in [0, 0.05) is 18.7 Å². The molecule has 1 rings (SSSR count). The van der Waals surface area contributed by atoms with Crippen LogP contribution in [0.25, 0.3) is 0 Å². The highest BCUT2D eigenvalue weighted by Gasteiger charge is 2.10. The average molecular weight is 196 g/mol. The van der Waals surface area contributed by atoms with Gasteiger partial charge in [0.15, 0.2) is 11.5 Å². The van der Waals surface area contributed by atoms with Gasteiger partial charge in [0.05, 0.1) is 14.2 Å². The third kappa shape index (κ3) is 1.97. The van der Waals surface area contributed by atoms with Gasteiger partial charge in [-0.05, 0) is 17.7 Å². The first-order valence-electron chi connectivity index (χ1n) is 4.40. The van der Waals surface area contributed by atoms with Gasteiger partial charge in [-0.3, -0.25) is 0 Å². The second kappa shape index (κ2) is 4.83. The molecule has 14 heavy (non-hydrogen) atoms. The lowest BCUT2D eigenvalue weighted by Crippen LogP contribution is -2.05. The molecule has 0 unspecified atom stereocenters. The summed E-state index contributed by atoms with van der Waals surface area (Å²) < 4.78 is 10.4. The molecular formula is C10H16N2O2. The molecule has 1 aromatic rings. The molecule has 0 fully saturated rings. The van der Waals surface area contributed by atoms with Gasteiger partial charge in [-0.1, -0.05) is 0 Å². The monoisotopic (exact) mass is 196 g/mol. The first-order chi connectivity index (χ1) is 6.76. The Kier molecular flexibility index (Phi) is 3.73. The van der Waals surface area contributed by atoms with Crippen LogP contribution in [0.2, 0.25) is 0 Å². The van der Waals surface area contributed by atoms with Crippen molar-refractivity contribution in [2.75, 3.05) is 14.2 Å². The van der Waals surface area contributed by atoms with Crippen molar-refractivity contribution in [3.8, 4) is 11.5 Å². The van der Waals surface area contributed by atoms with Crippen molar-refractivity contribution in [3.05, 3.63) is 23.3 Å². The number of ether oxygens (including phenoxy) is 2. The first-order valence-corrected chi connectivity index (χ1v) is 4.40. The van der Waals surface area contributed by atoms with E-state index in [1.807, 2.05) is 12.1 Å². The van der Waals surface area contributed by atoms with Crippen LogP contribution in [0.15, 0.2) is 12.1 Å². The van der Waals surface area contributed by atoms with E-state index in [1.54, 1.807) is 14.2 Å². The zero-order valence-electron chi connectivity index (χ0n) is 8.54. The zero-order chi connectivity index (χ0) is 10.6. The fourth-order valence-corrected chi connectivity index (χ4v) is 1.38. The lowest BCUT2D eigenvalue weighted by atomic mass is 10.1. The average Bonchev–Trinajstić information content (AvgIpc) is 2.26. The minimum absolute atomic E-state index is 0.410. The highest BCUT2D eigenvalue weighted by molar-refractivity contribution is 5.49. The summed E-state index contributed by atoms with van der Waals surface area (Å²) in [6, 6.07) is 3.79. The molecule has 0 bridgehead atoms. The molecule has 1 aromatic carbocycles. The van der Waals surface area contributed by atoms with Crippen molar-refractivity contribution in [2.45, 2.75) is 13.1 Å². The van der Waals surface area contributed by atoms with Gasteiger partial charge >= 0.3 is 0 Å². The van der Waals surface area contributed by atoms with Crippen LogP contribution in [-0.2, 0) is 13.1 Å². The summed E-state index contributed by atoms with van der Waals surface area (Å²) in [7, 11) is 3.19. The SMILES string of the molecule is COc1cc(CN)cc(CN)c1OC. The fraction of sp³-hybridized carbons (Fsp3) is 0.400. The summed E-state index contributed by atoms with van der Waals surface area (Å²) in [5.41, 5.74) is 13.0. The molecule has 0 spiro atoms.